The molecular weight excluding hydrogens is 371 g/mol. The second-order valence-electron chi connectivity index (χ2n) is 6.11. The van der Waals surface area contributed by atoms with Gasteiger partial charge in [0.25, 0.3) is 0 Å². The Kier molecular flexibility index (Phi) is 4.28. The Morgan fingerprint density at radius 2 is 2.04 bits per heavy atom. The van der Waals surface area contributed by atoms with Gasteiger partial charge in [-0.25, -0.2) is 17.8 Å². The van der Waals surface area contributed by atoms with Gasteiger partial charge in [-0.3, -0.25) is 4.31 Å². The quantitative estimate of drug-likeness (QED) is 0.668. The number of hydrogen-bond donors (Lipinski definition) is 0. The summed E-state index contributed by atoms with van der Waals surface area (Å²) < 4.78 is 39.3. The predicted molar refractivity (Wildman–Crippen MR) is 103 cm³/mol. The smallest absolute Gasteiger partial charge is 0.234 e. The van der Waals surface area contributed by atoms with Crippen LogP contribution in [-0.4, -0.2) is 25.7 Å². The molecular formula is C19H17FN2O2S2. The lowest BCUT2D eigenvalue weighted by Crippen LogP contribution is -2.30. The predicted octanol–water partition coefficient (Wildman–Crippen LogP) is 4.33. The van der Waals surface area contributed by atoms with E-state index in [1.807, 2.05) is 29.6 Å². The van der Waals surface area contributed by atoms with Gasteiger partial charge in [0.1, 0.15) is 10.8 Å². The molecule has 26 heavy (non-hydrogen) atoms. The van der Waals surface area contributed by atoms with Crippen LogP contribution in [0.15, 0.2) is 47.8 Å². The lowest BCUT2D eigenvalue weighted by atomic mass is 10.1. The fraction of sp³-hybridized carbons (Fsp3) is 0.211. The van der Waals surface area contributed by atoms with Crippen LogP contribution in [0.1, 0.15) is 12.5 Å². The molecule has 1 aromatic heterocycles. The summed E-state index contributed by atoms with van der Waals surface area (Å²) in [6.07, 6.45) is 0.698. The average molecular weight is 388 g/mol. The molecule has 4 rings (SSSR count). The van der Waals surface area contributed by atoms with Crippen molar-refractivity contribution < 1.29 is 12.8 Å². The normalized spacial score (nSPS) is 13.8. The number of thiazole rings is 1. The number of halogens is 1. The van der Waals surface area contributed by atoms with Gasteiger partial charge in [-0.1, -0.05) is 18.2 Å². The second kappa shape index (κ2) is 6.48. The summed E-state index contributed by atoms with van der Waals surface area (Å²) in [5, 5.41) is 2.70. The summed E-state index contributed by atoms with van der Waals surface area (Å²) in [6.45, 7) is 2.14. The lowest BCUT2D eigenvalue weighted by molar-refractivity contribution is 0.593. The van der Waals surface area contributed by atoms with Crippen LogP contribution in [0, 0.1) is 5.82 Å². The zero-order valence-electron chi connectivity index (χ0n) is 14.1. The van der Waals surface area contributed by atoms with Crippen LogP contribution in [0.25, 0.3) is 21.8 Å². The Bertz CT molecular complexity index is 1080. The van der Waals surface area contributed by atoms with Crippen LogP contribution < -0.4 is 4.31 Å². The highest BCUT2D eigenvalue weighted by atomic mass is 32.2. The van der Waals surface area contributed by atoms with Crippen molar-refractivity contribution >= 4 is 27.0 Å². The summed E-state index contributed by atoms with van der Waals surface area (Å²) in [4.78, 5) is 4.62. The highest BCUT2D eigenvalue weighted by molar-refractivity contribution is 7.92. The van der Waals surface area contributed by atoms with E-state index in [0.29, 0.717) is 13.0 Å². The molecule has 0 amide bonds. The van der Waals surface area contributed by atoms with Crippen molar-refractivity contribution in [1.82, 2.24) is 4.98 Å². The summed E-state index contributed by atoms with van der Waals surface area (Å²) in [5.74, 6) is -0.189. The molecule has 0 radical (unpaired) electrons. The zero-order chi connectivity index (χ0) is 18.3. The highest BCUT2D eigenvalue weighted by Crippen LogP contribution is 2.35. The van der Waals surface area contributed by atoms with E-state index in [1.165, 1.54) is 27.8 Å². The molecule has 0 saturated heterocycles. The molecule has 0 N–H and O–H groups in total. The third kappa shape index (κ3) is 3.01. The first-order valence-electron chi connectivity index (χ1n) is 8.33. The van der Waals surface area contributed by atoms with Gasteiger partial charge in [-0.2, -0.15) is 0 Å². The Morgan fingerprint density at radius 1 is 1.19 bits per heavy atom. The van der Waals surface area contributed by atoms with E-state index in [1.54, 1.807) is 13.0 Å². The molecule has 4 nitrogen and oxygen atoms in total. The van der Waals surface area contributed by atoms with Crippen molar-refractivity contribution in [3.8, 4) is 21.8 Å². The molecule has 134 valence electrons. The molecule has 0 atom stereocenters. The van der Waals surface area contributed by atoms with Gasteiger partial charge in [0, 0.05) is 23.1 Å². The van der Waals surface area contributed by atoms with Crippen LogP contribution in [0.5, 0.6) is 0 Å². The SMILES string of the molecule is CCS(=O)(=O)N1CCc2cc(-c3csc(-c4cccc(F)c4)n3)ccc21. The summed E-state index contributed by atoms with van der Waals surface area (Å²) >= 11 is 1.46. The van der Waals surface area contributed by atoms with E-state index < -0.39 is 10.0 Å². The fourth-order valence-electron chi connectivity index (χ4n) is 3.14. The van der Waals surface area contributed by atoms with Crippen LogP contribution in [0.2, 0.25) is 0 Å². The first kappa shape index (κ1) is 17.2. The summed E-state index contributed by atoms with van der Waals surface area (Å²) in [6, 6.07) is 12.1. The zero-order valence-corrected chi connectivity index (χ0v) is 15.8. The van der Waals surface area contributed by atoms with Crippen LogP contribution in [-0.2, 0) is 16.4 Å². The van der Waals surface area contributed by atoms with Crippen LogP contribution in [0.3, 0.4) is 0 Å². The largest absolute Gasteiger partial charge is 0.270 e. The average Bonchev–Trinajstić information content (AvgIpc) is 3.28. The number of sulfonamides is 1. The van der Waals surface area contributed by atoms with E-state index in [4.69, 9.17) is 0 Å². The molecule has 0 fully saturated rings. The maximum Gasteiger partial charge on any atom is 0.234 e. The Labute approximate surface area is 156 Å². The first-order valence-corrected chi connectivity index (χ1v) is 10.8. The van der Waals surface area contributed by atoms with Crippen LogP contribution >= 0.6 is 11.3 Å². The molecule has 1 aliphatic rings. The second-order valence-corrected chi connectivity index (χ2v) is 9.15. The minimum Gasteiger partial charge on any atom is -0.270 e. The minimum atomic E-state index is -3.24. The molecule has 0 bridgehead atoms. The minimum absolute atomic E-state index is 0.0945. The van der Waals surface area contributed by atoms with E-state index >= 15 is 0 Å². The number of nitrogens with zero attached hydrogens (tertiary/aromatic N) is 2. The van der Waals surface area contributed by atoms with Crippen molar-refractivity contribution in [2.75, 3.05) is 16.6 Å². The van der Waals surface area contributed by atoms with Gasteiger partial charge in [0.2, 0.25) is 10.0 Å². The first-order chi connectivity index (χ1) is 12.5. The number of rotatable bonds is 4. The molecule has 0 saturated carbocycles. The molecule has 0 aliphatic carbocycles. The maximum atomic E-state index is 13.4. The molecule has 0 unspecified atom stereocenters. The van der Waals surface area contributed by atoms with Crippen LogP contribution in [0.4, 0.5) is 10.1 Å². The number of benzene rings is 2. The fourth-order valence-corrected chi connectivity index (χ4v) is 5.12. The standard InChI is InChI=1S/C19H17FN2O2S2/c1-2-26(23,24)22-9-8-14-10-13(6-7-18(14)22)17-12-25-19(21-17)15-4-3-5-16(20)11-15/h3-7,10-12H,2,8-9H2,1H3. The summed E-state index contributed by atoms with van der Waals surface area (Å²) in [5.41, 5.74) is 4.28. The Hall–Kier alpha value is -2.25. The maximum absolute atomic E-state index is 13.4. The van der Waals surface area contributed by atoms with Crippen molar-refractivity contribution in [2.45, 2.75) is 13.3 Å². The number of aromatic nitrogens is 1. The van der Waals surface area contributed by atoms with Crippen molar-refractivity contribution in [1.29, 1.82) is 0 Å². The van der Waals surface area contributed by atoms with Gasteiger partial charge >= 0.3 is 0 Å². The molecule has 7 heteroatoms. The molecule has 1 aliphatic heterocycles. The number of fused-ring (bicyclic) bond motifs is 1. The van der Waals surface area contributed by atoms with Gasteiger partial charge in [-0.05, 0) is 43.2 Å². The van der Waals surface area contributed by atoms with Gasteiger partial charge in [-0.15, -0.1) is 11.3 Å². The van der Waals surface area contributed by atoms with E-state index in [2.05, 4.69) is 4.98 Å². The number of hydrogen-bond acceptors (Lipinski definition) is 4. The molecule has 2 heterocycles. The van der Waals surface area contributed by atoms with Gasteiger partial charge in [0.15, 0.2) is 0 Å². The molecule has 2 aromatic carbocycles. The summed E-state index contributed by atoms with van der Waals surface area (Å²) in [7, 11) is -3.24. The van der Waals surface area contributed by atoms with Gasteiger partial charge in [0.05, 0.1) is 17.1 Å². The Morgan fingerprint density at radius 3 is 2.81 bits per heavy atom. The van der Waals surface area contributed by atoms with Crippen molar-refractivity contribution in [2.24, 2.45) is 0 Å². The van der Waals surface area contributed by atoms with E-state index in [0.717, 1.165) is 33.1 Å². The third-order valence-corrected chi connectivity index (χ3v) is 7.18. The Balaban J connectivity index is 1.67. The van der Waals surface area contributed by atoms with Crippen molar-refractivity contribution in [3.05, 3.63) is 59.2 Å². The number of anilines is 1. The topological polar surface area (TPSA) is 50.3 Å². The van der Waals surface area contributed by atoms with E-state index in [-0.39, 0.29) is 11.6 Å². The van der Waals surface area contributed by atoms with Gasteiger partial charge < -0.3 is 0 Å². The van der Waals surface area contributed by atoms with E-state index in [9.17, 15) is 12.8 Å². The monoisotopic (exact) mass is 388 g/mol. The lowest BCUT2D eigenvalue weighted by Gasteiger charge is -2.18. The third-order valence-electron chi connectivity index (χ3n) is 4.50. The molecule has 0 spiro atoms. The molecule has 3 aromatic rings. The highest BCUT2D eigenvalue weighted by Gasteiger charge is 2.28. The van der Waals surface area contributed by atoms with Crippen molar-refractivity contribution in [3.63, 3.8) is 0 Å².